The van der Waals surface area contributed by atoms with Gasteiger partial charge < -0.3 is 11.0 Å². The van der Waals surface area contributed by atoms with E-state index in [1.54, 1.807) is 0 Å². The molecule has 0 unspecified atom stereocenters. The zero-order valence-corrected chi connectivity index (χ0v) is 1.00. The summed E-state index contributed by atoms with van der Waals surface area (Å²) in [5.74, 6) is 0. The number of hydrogen-bond acceptors (Lipinski definition) is 0. The molecular formula is C4H20O2. The lowest BCUT2D eigenvalue weighted by Crippen LogP contribution is -0.290. The lowest BCUT2D eigenvalue weighted by atomic mass is 12.0. The fourth-order valence-electron chi connectivity index (χ4n) is 0. The smallest absolute Gasteiger partial charge is 0.0776 e. The molecule has 0 saturated heterocycles. The predicted octanol–water partition coefficient (Wildman–Crippen LogP) is 0.895. The summed E-state index contributed by atoms with van der Waals surface area (Å²) >= 11 is 0. The van der Waals surface area contributed by atoms with Crippen LogP contribution in [-0.4, -0.2) is 11.0 Å². The van der Waals surface area contributed by atoms with E-state index in [9.17, 15) is 0 Å². The third kappa shape index (κ3) is 5220. The van der Waals surface area contributed by atoms with Gasteiger partial charge in [0.2, 0.25) is 0 Å². The van der Waals surface area contributed by atoms with Gasteiger partial charge in [-0.15, -0.1) is 0 Å². The first-order valence-electron chi connectivity index (χ1n) is 0. The summed E-state index contributed by atoms with van der Waals surface area (Å²) in [6.07, 6.45) is 0. The Bertz CT molecular complexity index is 5.51. The Morgan fingerprint density at radius 2 is 0.333 bits per heavy atom. The molecule has 0 aliphatic rings. The maximum Gasteiger partial charge on any atom is -0.0776 e. The van der Waals surface area contributed by atoms with Crippen LogP contribution in [0.3, 0.4) is 0 Å². The van der Waals surface area contributed by atoms with Crippen LogP contribution in [0.4, 0.5) is 0 Å². The van der Waals surface area contributed by atoms with Crippen molar-refractivity contribution in [2.24, 2.45) is 0 Å². The van der Waals surface area contributed by atoms with Crippen LogP contribution in [0.2, 0.25) is 0 Å². The van der Waals surface area contributed by atoms with E-state index in [-0.39, 0.29) is 40.7 Å². The summed E-state index contributed by atoms with van der Waals surface area (Å²) in [6.45, 7) is 0. The lowest BCUT2D eigenvalue weighted by molar-refractivity contribution is 0.823. The van der Waals surface area contributed by atoms with Gasteiger partial charge in [0, 0.05) is 0 Å². The van der Waals surface area contributed by atoms with E-state index in [0.29, 0.717) is 0 Å². The van der Waals surface area contributed by atoms with Crippen LogP contribution in [0.25, 0.3) is 0 Å². The largest absolute Gasteiger partial charge is 0.412 e. The van der Waals surface area contributed by atoms with Gasteiger partial charge >= 0.3 is 0 Å². The molecule has 0 fully saturated rings. The molecule has 0 saturated carbocycles. The molecule has 2 heteroatoms. The Labute approximate surface area is 41.8 Å². The molecule has 2 nitrogen and oxygen atoms in total. The second-order valence-electron chi connectivity index (χ2n) is 0. The summed E-state index contributed by atoms with van der Waals surface area (Å²) in [4.78, 5) is 0. The maximum absolute atomic E-state index is 0. The minimum absolute atomic E-state index is 0. The van der Waals surface area contributed by atoms with E-state index in [1.807, 2.05) is 0 Å². The molecule has 0 aromatic heterocycles. The highest BCUT2D eigenvalue weighted by Gasteiger charge is -0.0745. The summed E-state index contributed by atoms with van der Waals surface area (Å²) < 4.78 is 0. The van der Waals surface area contributed by atoms with Gasteiger partial charge in [-0.2, -0.15) is 0 Å². The molecule has 0 heterocycles. The van der Waals surface area contributed by atoms with Gasteiger partial charge in [0.05, 0.1) is 0 Å². The second-order valence-corrected chi connectivity index (χ2v) is 0. The van der Waals surface area contributed by atoms with Crippen molar-refractivity contribution >= 4 is 0 Å². The molecule has 0 aliphatic carbocycles. The van der Waals surface area contributed by atoms with Crippen molar-refractivity contribution in [1.29, 1.82) is 0 Å². The zero-order valence-electron chi connectivity index (χ0n) is 1.00. The first kappa shape index (κ1) is 22400. The van der Waals surface area contributed by atoms with Gasteiger partial charge in [0.25, 0.3) is 0 Å². The highest BCUT2D eigenvalue weighted by atomic mass is 16.0. The van der Waals surface area contributed by atoms with Gasteiger partial charge in [-0.05, 0) is 0 Å². The van der Waals surface area contributed by atoms with E-state index < -0.39 is 0 Å². The maximum atomic E-state index is 0. The number of hydrogen-bond donors (Lipinski definition) is 0. The van der Waals surface area contributed by atoms with Crippen molar-refractivity contribution in [2.75, 3.05) is 0 Å². The van der Waals surface area contributed by atoms with Crippen LogP contribution in [0.5, 0.6) is 0 Å². The normalized spacial score (nSPS) is 0. The minimum Gasteiger partial charge on any atom is -0.412 e. The van der Waals surface area contributed by atoms with Gasteiger partial charge in [-0.3, -0.25) is 0 Å². The Balaban J connectivity index is 0. The van der Waals surface area contributed by atoms with Crippen molar-refractivity contribution in [3.8, 4) is 0 Å². The van der Waals surface area contributed by atoms with Gasteiger partial charge in [-0.1, -0.05) is 29.7 Å². The topological polar surface area (TPSA) is 63.0 Å². The Hall–Kier alpha value is -0.0800. The van der Waals surface area contributed by atoms with Gasteiger partial charge in [0.15, 0.2) is 0 Å². The van der Waals surface area contributed by atoms with Crippen molar-refractivity contribution in [3.63, 3.8) is 0 Å². The van der Waals surface area contributed by atoms with E-state index in [1.165, 1.54) is 0 Å². The van der Waals surface area contributed by atoms with Crippen molar-refractivity contribution in [2.45, 2.75) is 29.7 Å². The molecule has 4 N–H and O–H groups in total. The van der Waals surface area contributed by atoms with Crippen LogP contribution in [0.15, 0.2) is 0 Å². The molecule has 0 atom stereocenters. The number of rotatable bonds is 0. The third-order valence-corrected chi connectivity index (χ3v) is 0. The highest BCUT2D eigenvalue weighted by molar-refractivity contribution is 2.51. The summed E-state index contributed by atoms with van der Waals surface area (Å²) in [5, 5.41) is 0. The molecule has 0 aromatic rings. The lowest BCUT2D eigenvalue weighted by Gasteiger charge is -0.413. The first-order valence-corrected chi connectivity index (χ1v) is 0. The Kier molecular flexibility index (Phi) is 44100000. The standard InChI is InChI=1S/4CH4.2H2O/h4*1H4;2*1H2. The Morgan fingerprint density at radius 1 is 0.333 bits per heavy atom. The quantitative estimate of drug-likeness (QED) is 0.434. The van der Waals surface area contributed by atoms with Gasteiger partial charge in [0.1, 0.15) is 0 Å². The molecule has 6 heavy (non-hydrogen) atoms. The average molecular weight is 100 g/mol. The van der Waals surface area contributed by atoms with E-state index in [4.69, 9.17) is 0 Å². The molecule has 0 radical (unpaired) electrons. The molecule has 0 amide bonds. The second kappa shape index (κ2) is 11800. The first-order chi connectivity index (χ1) is 0. The van der Waals surface area contributed by atoms with Crippen LogP contribution in [-0.2, 0) is 0 Å². The van der Waals surface area contributed by atoms with E-state index in [0.717, 1.165) is 0 Å². The monoisotopic (exact) mass is 100 g/mol. The summed E-state index contributed by atoms with van der Waals surface area (Å²) in [5.41, 5.74) is 0. The van der Waals surface area contributed by atoms with Crippen molar-refractivity contribution in [3.05, 3.63) is 0 Å². The SMILES string of the molecule is C.C.C.C.O.O. The Morgan fingerprint density at radius 3 is 0.333 bits per heavy atom. The molecule has 0 bridgehead atoms. The third-order valence-electron chi connectivity index (χ3n) is 0. The van der Waals surface area contributed by atoms with Crippen LogP contribution in [0.1, 0.15) is 29.7 Å². The molecule has 0 aliphatic heterocycles. The zero-order chi connectivity index (χ0) is 0. The highest BCUT2D eigenvalue weighted by Crippen LogP contribution is 0.147. The van der Waals surface area contributed by atoms with Crippen LogP contribution in [0, 0.1) is 0 Å². The molecule has 0 rings (SSSR count). The van der Waals surface area contributed by atoms with Gasteiger partial charge in [-0.25, -0.2) is 0 Å². The minimum atomic E-state index is 0. The predicted molar refractivity (Wildman–Crippen MR) is 34.2 cm³/mol. The fourth-order valence-corrected chi connectivity index (χ4v) is 0. The van der Waals surface area contributed by atoms with E-state index in [2.05, 4.69) is 0 Å². The average Bonchev–Trinajstić information content (AvgIpc) is 0. The summed E-state index contributed by atoms with van der Waals surface area (Å²) in [7, 11) is 0. The van der Waals surface area contributed by atoms with Crippen molar-refractivity contribution in [1.82, 2.24) is 0 Å². The van der Waals surface area contributed by atoms with Crippen LogP contribution >= 0.6 is 0 Å². The fraction of sp³-hybridized carbons (Fsp3) is 1.00. The molecule has 0 spiro atoms. The molecule has 48 valence electrons. The van der Waals surface area contributed by atoms with Crippen LogP contribution < -0.4 is 0 Å². The van der Waals surface area contributed by atoms with E-state index >= 15 is 0 Å². The van der Waals surface area contributed by atoms with Crippen molar-refractivity contribution < 1.29 is 11.0 Å². The molecular weight excluding hydrogens is 80.0 g/mol. The molecule has 0 aromatic carbocycles. The summed E-state index contributed by atoms with van der Waals surface area (Å²) in [6, 6.07) is 0.